The van der Waals surface area contributed by atoms with Crippen molar-refractivity contribution in [1.29, 1.82) is 0 Å². The lowest BCUT2D eigenvalue weighted by molar-refractivity contribution is -0.123. The van der Waals surface area contributed by atoms with Crippen LogP contribution in [-0.4, -0.2) is 17.6 Å². The van der Waals surface area contributed by atoms with Crippen LogP contribution in [0.3, 0.4) is 0 Å². The molecule has 4 nitrogen and oxygen atoms in total. The predicted molar refractivity (Wildman–Crippen MR) is 122 cm³/mol. The van der Waals surface area contributed by atoms with E-state index in [1.807, 2.05) is 56.3 Å². The molecule has 2 aliphatic rings. The highest BCUT2D eigenvalue weighted by Crippen LogP contribution is 2.56. The van der Waals surface area contributed by atoms with Crippen molar-refractivity contribution in [2.24, 2.45) is 0 Å². The summed E-state index contributed by atoms with van der Waals surface area (Å²) < 4.78 is 13.8. The van der Waals surface area contributed by atoms with Gasteiger partial charge < -0.3 is 4.90 Å². The summed E-state index contributed by atoms with van der Waals surface area (Å²) in [5.41, 5.74) is 5.16. The van der Waals surface area contributed by atoms with E-state index in [1.165, 1.54) is 23.9 Å². The van der Waals surface area contributed by atoms with Gasteiger partial charge in [0.05, 0.1) is 18.0 Å². The fraction of sp³-hybridized carbons (Fsp3) is 0.200. The second-order valence-corrected chi connectivity index (χ2v) is 9.14. The average molecular weight is 433 g/mol. The van der Waals surface area contributed by atoms with Crippen molar-refractivity contribution < 1.29 is 14.0 Å². The maximum Gasteiger partial charge on any atom is 0.269 e. The van der Waals surface area contributed by atoms with Crippen molar-refractivity contribution in [3.63, 3.8) is 0 Å². The molecule has 0 aromatic heterocycles. The minimum Gasteiger partial charge on any atom is -0.304 e. The molecule has 156 valence electrons. The van der Waals surface area contributed by atoms with E-state index in [9.17, 15) is 14.0 Å². The van der Waals surface area contributed by atoms with Crippen molar-refractivity contribution in [2.45, 2.75) is 25.3 Å². The molecule has 0 bridgehead atoms. The third kappa shape index (κ3) is 2.97. The van der Waals surface area contributed by atoms with Gasteiger partial charge >= 0.3 is 0 Å². The van der Waals surface area contributed by atoms with Gasteiger partial charge in [0, 0.05) is 11.3 Å². The molecule has 1 spiro atoms. The smallest absolute Gasteiger partial charge is 0.269 e. The molecule has 0 N–H and O–H groups in total. The number of rotatable bonds is 3. The number of benzene rings is 3. The number of para-hydroxylation sites is 1. The molecule has 2 aliphatic heterocycles. The number of amides is 2. The summed E-state index contributed by atoms with van der Waals surface area (Å²) in [6, 6.07) is 19.7. The first-order valence-electron chi connectivity index (χ1n) is 10.1. The number of aryl methyl sites for hydroxylation is 2. The van der Waals surface area contributed by atoms with E-state index in [0.29, 0.717) is 11.3 Å². The SMILES string of the molecule is Cc1ccc(N2C(=O)CS[C@]23C(=O)N(Cc2cccc(F)c2)c2ccccc23)cc1C. The van der Waals surface area contributed by atoms with Gasteiger partial charge in [0.1, 0.15) is 5.82 Å². The summed E-state index contributed by atoms with van der Waals surface area (Å²) in [4.78, 5) is 29.2. The van der Waals surface area contributed by atoms with E-state index >= 15 is 0 Å². The molecular formula is C25H21FN2O2S. The number of carbonyl (C=O) groups excluding carboxylic acids is 2. The van der Waals surface area contributed by atoms with Crippen LogP contribution in [0.2, 0.25) is 0 Å². The third-order valence-electron chi connectivity index (χ3n) is 6.04. The van der Waals surface area contributed by atoms with Crippen molar-refractivity contribution in [3.05, 3.63) is 94.8 Å². The normalized spacial score (nSPS) is 20.1. The maximum atomic E-state index is 14.0. The van der Waals surface area contributed by atoms with Crippen LogP contribution in [0.15, 0.2) is 66.7 Å². The van der Waals surface area contributed by atoms with Crippen molar-refractivity contribution >= 4 is 35.0 Å². The monoisotopic (exact) mass is 432 g/mol. The Labute approximate surface area is 184 Å². The van der Waals surface area contributed by atoms with Gasteiger partial charge in [0.25, 0.3) is 5.91 Å². The largest absolute Gasteiger partial charge is 0.304 e. The molecule has 0 unspecified atom stereocenters. The van der Waals surface area contributed by atoms with E-state index in [2.05, 4.69) is 0 Å². The number of nitrogens with zero attached hydrogens (tertiary/aromatic N) is 2. The van der Waals surface area contributed by atoms with Crippen LogP contribution in [0, 0.1) is 19.7 Å². The molecule has 3 aromatic rings. The Balaban J connectivity index is 1.65. The van der Waals surface area contributed by atoms with Crippen molar-refractivity contribution in [3.8, 4) is 0 Å². The Kier molecular flexibility index (Phi) is 4.63. The van der Waals surface area contributed by atoms with E-state index < -0.39 is 4.87 Å². The molecule has 5 rings (SSSR count). The number of halogens is 1. The molecule has 2 amide bonds. The molecule has 1 fully saturated rings. The number of anilines is 2. The molecular weight excluding hydrogens is 411 g/mol. The summed E-state index contributed by atoms with van der Waals surface area (Å²) in [5, 5.41) is 0. The van der Waals surface area contributed by atoms with E-state index in [4.69, 9.17) is 0 Å². The maximum absolute atomic E-state index is 14.0. The fourth-order valence-electron chi connectivity index (χ4n) is 4.39. The van der Waals surface area contributed by atoms with Crippen LogP contribution in [0.1, 0.15) is 22.3 Å². The molecule has 6 heteroatoms. The molecule has 1 saturated heterocycles. The molecule has 1 atom stereocenters. The van der Waals surface area contributed by atoms with Gasteiger partial charge in [0.15, 0.2) is 0 Å². The quantitative estimate of drug-likeness (QED) is 0.590. The Hall–Kier alpha value is -3.12. The van der Waals surface area contributed by atoms with Crippen LogP contribution in [0.5, 0.6) is 0 Å². The zero-order valence-corrected chi connectivity index (χ0v) is 18.1. The molecule has 0 saturated carbocycles. The average Bonchev–Trinajstić information content (AvgIpc) is 3.22. The van der Waals surface area contributed by atoms with Crippen LogP contribution >= 0.6 is 11.8 Å². The lowest BCUT2D eigenvalue weighted by Crippen LogP contribution is -2.49. The molecule has 2 heterocycles. The van der Waals surface area contributed by atoms with Crippen LogP contribution in [0.4, 0.5) is 15.8 Å². The van der Waals surface area contributed by atoms with Crippen LogP contribution in [-0.2, 0) is 21.0 Å². The summed E-state index contributed by atoms with van der Waals surface area (Å²) in [5.74, 6) is -0.383. The second kappa shape index (κ2) is 7.24. The van der Waals surface area contributed by atoms with Crippen molar-refractivity contribution in [1.82, 2.24) is 0 Å². The number of hydrogen-bond donors (Lipinski definition) is 0. The minimum atomic E-state index is -1.15. The molecule has 31 heavy (non-hydrogen) atoms. The zero-order chi connectivity index (χ0) is 21.8. The number of fused-ring (bicyclic) bond motifs is 2. The van der Waals surface area contributed by atoms with Gasteiger partial charge in [-0.1, -0.05) is 36.4 Å². The van der Waals surface area contributed by atoms with E-state index in [-0.39, 0.29) is 29.9 Å². The van der Waals surface area contributed by atoms with E-state index in [1.54, 1.807) is 21.9 Å². The van der Waals surface area contributed by atoms with Gasteiger partial charge in [-0.05, 0) is 60.9 Å². The summed E-state index contributed by atoms with van der Waals surface area (Å²) in [6.07, 6.45) is 0. The van der Waals surface area contributed by atoms with Gasteiger partial charge in [-0.25, -0.2) is 4.39 Å². The Morgan fingerprint density at radius 1 is 0.968 bits per heavy atom. The van der Waals surface area contributed by atoms with Gasteiger partial charge in [-0.2, -0.15) is 0 Å². The highest BCUT2D eigenvalue weighted by molar-refractivity contribution is 8.02. The van der Waals surface area contributed by atoms with Gasteiger partial charge in [0.2, 0.25) is 10.8 Å². The molecule has 0 radical (unpaired) electrons. The Morgan fingerprint density at radius 2 is 1.77 bits per heavy atom. The third-order valence-corrected chi connectivity index (χ3v) is 7.43. The molecule has 0 aliphatic carbocycles. The van der Waals surface area contributed by atoms with E-state index in [0.717, 1.165) is 22.4 Å². The topological polar surface area (TPSA) is 40.6 Å². The number of thioether (sulfide) groups is 1. The first-order valence-corrected chi connectivity index (χ1v) is 11.1. The zero-order valence-electron chi connectivity index (χ0n) is 17.3. The summed E-state index contributed by atoms with van der Waals surface area (Å²) >= 11 is 1.35. The highest BCUT2D eigenvalue weighted by atomic mass is 32.2. The summed E-state index contributed by atoms with van der Waals surface area (Å²) in [7, 11) is 0. The first kappa shape index (κ1) is 19.8. The Bertz CT molecular complexity index is 1230. The number of hydrogen-bond acceptors (Lipinski definition) is 3. The van der Waals surface area contributed by atoms with Gasteiger partial charge in [-0.15, -0.1) is 11.8 Å². The fourth-order valence-corrected chi connectivity index (χ4v) is 5.75. The minimum absolute atomic E-state index is 0.0935. The van der Waals surface area contributed by atoms with Crippen LogP contribution in [0.25, 0.3) is 0 Å². The lowest BCUT2D eigenvalue weighted by Gasteiger charge is -2.33. The highest BCUT2D eigenvalue weighted by Gasteiger charge is 2.60. The first-order chi connectivity index (χ1) is 14.9. The summed E-state index contributed by atoms with van der Waals surface area (Å²) in [6.45, 7) is 4.26. The Morgan fingerprint density at radius 3 is 2.55 bits per heavy atom. The molecule has 3 aromatic carbocycles. The van der Waals surface area contributed by atoms with Crippen molar-refractivity contribution in [2.75, 3.05) is 15.6 Å². The number of carbonyl (C=O) groups is 2. The van der Waals surface area contributed by atoms with Gasteiger partial charge in [-0.3, -0.25) is 14.5 Å². The second-order valence-electron chi connectivity index (χ2n) is 7.97. The predicted octanol–water partition coefficient (Wildman–Crippen LogP) is 4.92. The standard InChI is InChI=1S/C25H21FN2O2S/c1-16-10-11-20(12-17(16)2)28-23(29)15-31-25(28)21-8-3-4-9-22(21)27(24(25)30)14-18-6-5-7-19(26)13-18/h3-13H,14-15H2,1-2H3/t25-/m1/s1. The van der Waals surface area contributed by atoms with Crippen LogP contribution < -0.4 is 9.80 Å². The lowest BCUT2D eigenvalue weighted by atomic mass is 10.0.